The molecule has 0 aromatic heterocycles. The molecule has 1 unspecified atom stereocenters. The molecule has 133 valence electrons. The van der Waals surface area contributed by atoms with E-state index < -0.39 is 27.3 Å². The Kier molecular flexibility index (Phi) is 10.5. The summed E-state index contributed by atoms with van der Waals surface area (Å²) >= 11 is 1.61. The number of hydrogen-bond donors (Lipinski definition) is 1. The van der Waals surface area contributed by atoms with E-state index in [1.54, 1.807) is 16.7 Å². The standard InChI is InChI=1S/C14H25N2O5S2.Na/c1-14(2,10-23(19,20)21)15-12(17)7-6-11(9-22-3)16-8-4-5-13(16)18;/h7,11H,4-6,8-10H2,1-3H3,(H,15,17)(H,19,20,21);/q;+1/p-1. The van der Waals surface area contributed by atoms with Gasteiger partial charge >= 0.3 is 29.6 Å². The summed E-state index contributed by atoms with van der Waals surface area (Å²) in [6, 6.07) is -0.0443. The van der Waals surface area contributed by atoms with Gasteiger partial charge in [-0.15, -0.1) is 0 Å². The van der Waals surface area contributed by atoms with Crippen LogP contribution in [0.5, 0.6) is 0 Å². The van der Waals surface area contributed by atoms with Gasteiger partial charge in [0, 0.05) is 30.3 Å². The molecule has 0 spiro atoms. The summed E-state index contributed by atoms with van der Waals surface area (Å²) < 4.78 is 32.5. The third kappa shape index (κ3) is 9.05. The summed E-state index contributed by atoms with van der Waals surface area (Å²) in [5.74, 6) is -0.265. The fourth-order valence-corrected chi connectivity index (χ4v) is 4.30. The number of nitrogens with zero attached hydrogens (tertiary/aromatic N) is 1. The smallest absolute Gasteiger partial charge is 0.748 e. The number of thioether (sulfide) groups is 1. The first-order valence-electron chi connectivity index (χ1n) is 7.41. The Morgan fingerprint density at radius 3 is 2.58 bits per heavy atom. The quantitative estimate of drug-likeness (QED) is 0.343. The zero-order valence-electron chi connectivity index (χ0n) is 14.7. The number of carbonyl (C=O) groups is 2. The summed E-state index contributed by atoms with van der Waals surface area (Å²) in [7, 11) is -4.42. The second-order valence-corrected chi connectivity index (χ2v) is 8.63. The molecule has 0 aliphatic carbocycles. The van der Waals surface area contributed by atoms with Gasteiger partial charge in [-0.2, -0.15) is 11.8 Å². The molecule has 1 aliphatic rings. The largest absolute Gasteiger partial charge is 1.00 e. The molecule has 0 aromatic rings. The minimum absolute atomic E-state index is 0. The molecule has 1 atom stereocenters. The molecule has 1 fully saturated rings. The van der Waals surface area contributed by atoms with Crippen LogP contribution in [0.15, 0.2) is 0 Å². The molecule has 1 radical (unpaired) electrons. The molecule has 1 aliphatic heterocycles. The Morgan fingerprint density at radius 2 is 2.12 bits per heavy atom. The zero-order chi connectivity index (χ0) is 17.7. The molecule has 1 heterocycles. The minimum atomic E-state index is -4.42. The Balaban J connectivity index is 0.00000529. The van der Waals surface area contributed by atoms with Gasteiger partial charge in [-0.05, 0) is 32.9 Å². The first kappa shape index (κ1) is 24.2. The predicted molar refractivity (Wildman–Crippen MR) is 88.8 cm³/mol. The molecule has 1 saturated heterocycles. The van der Waals surface area contributed by atoms with Crippen LogP contribution in [0.2, 0.25) is 0 Å². The van der Waals surface area contributed by atoms with Crippen LogP contribution in [0.4, 0.5) is 0 Å². The number of likely N-dealkylation sites (tertiary alicyclic amines) is 1. The van der Waals surface area contributed by atoms with Crippen LogP contribution in [-0.2, 0) is 19.7 Å². The van der Waals surface area contributed by atoms with Crippen LogP contribution in [0.3, 0.4) is 0 Å². The van der Waals surface area contributed by atoms with Crippen molar-refractivity contribution in [1.82, 2.24) is 10.2 Å². The number of rotatable bonds is 9. The molecule has 2 amide bonds. The average Bonchev–Trinajstić information content (AvgIpc) is 2.77. The second-order valence-electron chi connectivity index (χ2n) is 6.31. The van der Waals surface area contributed by atoms with E-state index in [4.69, 9.17) is 0 Å². The molecule has 0 saturated carbocycles. The maximum atomic E-state index is 12.0. The van der Waals surface area contributed by atoms with E-state index in [1.807, 2.05) is 6.26 Å². The summed E-state index contributed by atoms with van der Waals surface area (Å²) in [6.07, 6.45) is 5.15. The molecule has 1 rings (SSSR count). The molecule has 10 heteroatoms. The van der Waals surface area contributed by atoms with Crippen molar-refractivity contribution in [3.63, 3.8) is 0 Å². The third-order valence-corrected chi connectivity index (χ3v) is 5.28. The SMILES string of the molecule is CSCC(C[CH]C(=O)NC(C)(C)CS(=O)(=O)[O-])N1CCCC1=O.[Na+]. The predicted octanol–water partition coefficient (Wildman–Crippen LogP) is -2.62. The molecule has 7 nitrogen and oxygen atoms in total. The van der Waals surface area contributed by atoms with Gasteiger partial charge in [-0.1, -0.05) is 0 Å². The van der Waals surface area contributed by atoms with E-state index in [0.29, 0.717) is 19.4 Å². The third-order valence-electron chi connectivity index (χ3n) is 3.48. The first-order chi connectivity index (χ1) is 10.5. The van der Waals surface area contributed by atoms with Gasteiger partial charge in [0.1, 0.15) is 0 Å². The number of amides is 2. The van der Waals surface area contributed by atoms with Crippen molar-refractivity contribution < 1.29 is 52.1 Å². The molecule has 0 bridgehead atoms. The van der Waals surface area contributed by atoms with E-state index in [2.05, 4.69) is 5.32 Å². The van der Waals surface area contributed by atoms with Gasteiger partial charge < -0.3 is 14.8 Å². The Hall–Kier alpha value is 0.200. The van der Waals surface area contributed by atoms with Crippen LogP contribution < -0.4 is 34.9 Å². The van der Waals surface area contributed by atoms with Gasteiger partial charge in [0.25, 0.3) is 0 Å². The van der Waals surface area contributed by atoms with E-state index >= 15 is 0 Å². The Bertz CT molecular complexity index is 539. The van der Waals surface area contributed by atoms with E-state index in [0.717, 1.165) is 12.2 Å². The van der Waals surface area contributed by atoms with Crippen molar-refractivity contribution in [2.45, 2.75) is 44.7 Å². The summed E-state index contributed by atoms with van der Waals surface area (Å²) in [4.78, 5) is 25.6. The fraction of sp³-hybridized carbons (Fsp3) is 0.786. The van der Waals surface area contributed by atoms with Crippen LogP contribution in [-0.4, -0.2) is 65.6 Å². The minimum Gasteiger partial charge on any atom is -0.748 e. The van der Waals surface area contributed by atoms with Crippen molar-refractivity contribution in [3.8, 4) is 0 Å². The van der Waals surface area contributed by atoms with Crippen molar-refractivity contribution in [2.75, 3.05) is 24.3 Å². The Morgan fingerprint density at radius 1 is 1.50 bits per heavy atom. The zero-order valence-corrected chi connectivity index (χ0v) is 18.3. The fourth-order valence-electron chi connectivity index (χ4n) is 2.64. The monoisotopic (exact) mass is 387 g/mol. The van der Waals surface area contributed by atoms with E-state index in [9.17, 15) is 22.6 Å². The van der Waals surface area contributed by atoms with Crippen LogP contribution >= 0.6 is 11.8 Å². The van der Waals surface area contributed by atoms with E-state index in [-0.39, 0.29) is 41.5 Å². The van der Waals surface area contributed by atoms with Crippen LogP contribution in [0.25, 0.3) is 0 Å². The second kappa shape index (κ2) is 10.4. The first-order valence-corrected chi connectivity index (χ1v) is 10.4. The van der Waals surface area contributed by atoms with Gasteiger partial charge in [-0.25, -0.2) is 8.42 Å². The van der Waals surface area contributed by atoms with Gasteiger partial charge in [0.05, 0.1) is 22.3 Å². The summed E-state index contributed by atoms with van der Waals surface area (Å²) in [6.45, 7) is 3.68. The normalized spacial score (nSPS) is 16.7. The number of nitrogens with one attached hydrogen (secondary N) is 1. The van der Waals surface area contributed by atoms with Crippen molar-refractivity contribution in [2.24, 2.45) is 0 Å². The van der Waals surface area contributed by atoms with Crippen LogP contribution in [0.1, 0.15) is 33.1 Å². The van der Waals surface area contributed by atoms with Crippen LogP contribution in [0, 0.1) is 6.42 Å². The van der Waals surface area contributed by atoms with Crippen molar-refractivity contribution >= 4 is 33.7 Å². The maximum Gasteiger partial charge on any atom is 1.00 e. The van der Waals surface area contributed by atoms with E-state index in [1.165, 1.54) is 20.3 Å². The molecular formula is C14H24N2NaO5S2. The van der Waals surface area contributed by atoms with Gasteiger partial charge in [-0.3, -0.25) is 9.59 Å². The Labute approximate surface area is 170 Å². The van der Waals surface area contributed by atoms with Crippen molar-refractivity contribution in [1.29, 1.82) is 0 Å². The van der Waals surface area contributed by atoms with Gasteiger partial charge in [0.2, 0.25) is 11.8 Å². The average molecular weight is 387 g/mol. The maximum absolute atomic E-state index is 12.0. The molecular weight excluding hydrogens is 363 g/mol. The number of hydrogen-bond acceptors (Lipinski definition) is 6. The number of carbonyl (C=O) groups excluding carboxylic acids is 2. The molecule has 24 heavy (non-hydrogen) atoms. The summed E-state index contributed by atoms with van der Waals surface area (Å²) in [5, 5.41) is 2.53. The van der Waals surface area contributed by atoms with Gasteiger partial charge in [0.15, 0.2) is 0 Å². The summed E-state index contributed by atoms with van der Waals surface area (Å²) in [5.41, 5.74) is -1.13. The van der Waals surface area contributed by atoms with Crippen molar-refractivity contribution in [3.05, 3.63) is 6.42 Å². The topological polar surface area (TPSA) is 107 Å². The molecule has 0 aromatic carbocycles. The molecule has 1 N–H and O–H groups in total.